The number of amides is 1. The van der Waals surface area contributed by atoms with Gasteiger partial charge in [-0.2, -0.15) is 13.2 Å². The number of carbonyl (C=O) groups is 1. The van der Waals surface area contributed by atoms with Gasteiger partial charge in [-0.05, 0) is 19.3 Å². The molecule has 80 valence electrons. The molecule has 0 aromatic carbocycles. The van der Waals surface area contributed by atoms with E-state index >= 15 is 0 Å². The van der Waals surface area contributed by atoms with Crippen molar-refractivity contribution in [3.05, 3.63) is 0 Å². The molecule has 2 heterocycles. The predicted octanol–water partition coefficient (Wildman–Crippen LogP) is 2.08. The van der Waals surface area contributed by atoms with Crippen molar-refractivity contribution in [2.75, 3.05) is 0 Å². The minimum atomic E-state index is -4.26. The maximum Gasteiger partial charge on any atom is 0.407 e. The number of nitrogens with zero attached hydrogens (tertiary/aromatic N) is 1. The van der Waals surface area contributed by atoms with Crippen molar-refractivity contribution in [3.8, 4) is 0 Å². The van der Waals surface area contributed by atoms with Crippen molar-refractivity contribution in [1.82, 2.24) is 4.90 Å². The maximum atomic E-state index is 12.4. The Morgan fingerprint density at radius 1 is 1.36 bits per heavy atom. The van der Waals surface area contributed by atoms with E-state index in [1.807, 2.05) is 0 Å². The Labute approximate surface area is 78.5 Å². The Morgan fingerprint density at radius 3 is 2.36 bits per heavy atom. The van der Waals surface area contributed by atoms with Crippen molar-refractivity contribution in [2.45, 2.75) is 37.5 Å². The van der Waals surface area contributed by atoms with Gasteiger partial charge in [0.2, 0.25) is 0 Å². The van der Waals surface area contributed by atoms with Crippen LogP contribution in [0.1, 0.15) is 19.3 Å². The molecule has 2 aliphatic rings. The van der Waals surface area contributed by atoms with Crippen molar-refractivity contribution >= 4 is 6.09 Å². The molecule has 0 radical (unpaired) electrons. The third kappa shape index (κ3) is 1.24. The number of hydrogen-bond donors (Lipinski definition) is 1. The van der Waals surface area contributed by atoms with Gasteiger partial charge in [0.1, 0.15) is 0 Å². The van der Waals surface area contributed by atoms with Gasteiger partial charge in [-0.25, -0.2) is 4.79 Å². The van der Waals surface area contributed by atoms with Gasteiger partial charge in [-0.3, -0.25) is 0 Å². The fourth-order valence-electron chi connectivity index (χ4n) is 2.64. The van der Waals surface area contributed by atoms with Crippen LogP contribution < -0.4 is 0 Å². The second-order valence-corrected chi connectivity index (χ2v) is 3.87. The van der Waals surface area contributed by atoms with Gasteiger partial charge in [0, 0.05) is 12.1 Å². The molecule has 3 atom stereocenters. The lowest BCUT2D eigenvalue weighted by Gasteiger charge is -2.23. The molecule has 2 aliphatic heterocycles. The van der Waals surface area contributed by atoms with Crippen LogP contribution in [0.15, 0.2) is 0 Å². The van der Waals surface area contributed by atoms with E-state index in [1.54, 1.807) is 0 Å². The molecule has 0 aliphatic carbocycles. The maximum absolute atomic E-state index is 12.4. The Balaban J connectivity index is 2.19. The summed E-state index contributed by atoms with van der Waals surface area (Å²) in [6, 6.07) is -1.25. The highest BCUT2D eigenvalue weighted by atomic mass is 19.4. The van der Waals surface area contributed by atoms with Crippen molar-refractivity contribution in [1.29, 1.82) is 0 Å². The number of fused-ring (bicyclic) bond motifs is 2. The molecule has 0 aromatic rings. The Kier molecular flexibility index (Phi) is 1.90. The molecule has 1 amide bonds. The Morgan fingerprint density at radius 2 is 2.00 bits per heavy atom. The molecule has 0 aromatic heterocycles. The fraction of sp³-hybridized carbons (Fsp3) is 0.875. The first-order valence-corrected chi connectivity index (χ1v) is 4.49. The molecule has 2 saturated heterocycles. The molecule has 1 N–H and O–H groups in total. The van der Waals surface area contributed by atoms with Gasteiger partial charge in [0.15, 0.2) is 0 Å². The van der Waals surface area contributed by atoms with E-state index in [4.69, 9.17) is 5.11 Å². The zero-order valence-corrected chi connectivity index (χ0v) is 7.29. The predicted molar refractivity (Wildman–Crippen MR) is 40.8 cm³/mol. The quantitative estimate of drug-likeness (QED) is 0.663. The summed E-state index contributed by atoms with van der Waals surface area (Å²) in [5, 5.41) is 8.74. The number of rotatable bonds is 0. The van der Waals surface area contributed by atoms with Gasteiger partial charge in [0.25, 0.3) is 0 Å². The van der Waals surface area contributed by atoms with Crippen LogP contribution in [0.4, 0.5) is 18.0 Å². The highest BCUT2D eigenvalue weighted by Gasteiger charge is 2.58. The molecule has 0 unspecified atom stereocenters. The SMILES string of the molecule is O=C(O)N1[C@@H]2CC[C@H]1[C@@H](C(F)(F)F)C2. The second-order valence-electron chi connectivity index (χ2n) is 3.87. The summed E-state index contributed by atoms with van der Waals surface area (Å²) in [6.07, 6.45) is -4.61. The second kappa shape index (κ2) is 2.77. The van der Waals surface area contributed by atoms with Crippen LogP contribution >= 0.6 is 0 Å². The highest BCUT2D eigenvalue weighted by molar-refractivity contribution is 5.67. The van der Waals surface area contributed by atoms with Crippen LogP contribution in [0.25, 0.3) is 0 Å². The molecule has 2 rings (SSSR count). The van der Waals surface area contributed by atoms with Crippen LogP contribution in [0.2, 0.25) is 0 Å². The van der Waals surface area contributed by atoms with Crippen LogP contribution in [0.5, 0.6) is 0 Å². The fourth-order valence-corrected chi connectivity index (χ4v) is 2.64. The summed E-state index contributed by atoms with van der Waals surface area (Å²) < 4.78 is 37.3. The van der Waals surface area contributed by atoms with Gasteiger partial charge in [-0.15, -0.1) is 0 Å². The van der Waals surface area contributed by atoms with Crippen molar-refractivity contribution in [2.24, 2.45) is 5.92 Å². The third-order valence-corrected chi connectivity index (χ3v) is 3.18. The van der Waals surface area contributed by atoms with E-state index in [0.29, 0.717) is 12.8 Å². The van der Waals surface area contributed by atoms with Gasteiger partial charge in [-0.1, -0.05) is 0 Å². The van der Waals surface area contributed by atoms with Gasteiger partial charge in [0.05, 0.1) is 5.92 Å². The standard InChI is InChI=1S/C8H10F3NO2/c9-8(10,11)5-3-4-1-2-6(5)12(4)7(13)14/h4-6H,1-3H2,(H,13,14)/t4-,5+,6+/m1/s1. The Hall–Kier alpha value is -0.940. The number of hydrogen-bond acceptors (Lipinski definition) is 1. The Bertz CT molecular complexity index is 266. The smallest absolute Gasteiger partial charge is 0.407 e. The minimum Gasteiger partial charge on any atom is -0.465 e. The summed E-state index contributed by atoms with van der Waals surface area (Å²) in [5.74, 6) is -1.45. The summed E-state index contributed by atoms with van der Waals surface area (Å²) in [5.41, 5.74) is 0. The third-order valence-electron chi connectivity index (χ3n) is 3.18. The zero-order valence-electron chi connectivity index (χ0n) is 7.29. The van der Waals surface area contributed by atoms with Crippen molar-refractivity contribution in [3.63, 3.8) is 0 Å². The zero-order chi connectivity index (χ0) is 10.5. The highest BCUT2D eigenvalue weighted by Crippen LogP contribution is 2.48. The molecular formula is C8H10F3NO2. The molecule has 0 saturated carbocycles. The number of halogens is 3. The topological polar surface area (TPSA) is 40.5 Å². The average Bonchev–Trinajstić information content (AvgIpc) is 2.57. The first kappa shape index (κ1) is 9.61. The van der Waals surface area contributed by atoms with Crippen LogP contribution in [-0.4, -0.2) is 34.4 Å². The molecule has 2 bridgehead atoms. The molecule has 0 spiro atoms. The van der Waals surface area contributed by atoms with Crippen LogP contribution in [0.3, 0.4) is 0 Å². The van der Waals surface area contributed by atoms with Crippen LogP contribution in [-0.2, 0) is 0 Å². The van der Waals surface area contributed by atoms with E-state index in [-0.39, 0.29) is 6.42 Å². The molecular weight excluding hydrogens is 199 g/mol. The first-order valence-electron chi connectivity index (χ1n) is 4.49. The average molecular weight is 209 g/mol. The van der Waals surface area contributed by atoms with Gasteiger partial charge < -0.3 is 10.0 Å². The van der Waals surface area contributed by atoms with E-state index in [0.717, 1.165) is 4.90 Å². The lowest BCUT2D eigenvalue weighted by molar-refractivity contribution is -0.180. The monoisotopic (exact) mass is 209 g/mol. The summed E-state index contributed by atoms with van der Waals surface area (Å²) >= 11 is 0. The van der Waals surface area contributed by atoms with E-state index < -0.39 is 30.3 Å². The summed E-state index contributed by atoms with van der Waals surface area (Å²) in [6.45, 7) is 0. The van der Waals surface area contributed by atoms with E-state index in [9.17, 15) is 18.0 Å². The molecule has 3 nitrogen and oxygen atoms in total. The van der Waals surface area contributed by atoms with E-state index in [1.165, 1.54) is 0 Å². The number of carboxylic acid groups (broad SMARTS) is 1. The molecule has 6 heteroatoms. The van der Waals surface area contributed by atoms with Gasteiger partial charge >= 0.3 is 12.3 Å². The van der Waals surface area contributed by atoms with Crippen molar-refractivity contribution < 1.29 is 23.1 Å². The normalized spacial score (nSPS) is 36.5. The molecule has 14 heavy (non-hydrogen) atoms. The van der Waals surface area contributed by atoms with Crippen LogP contribution in [0, 0.1) is 5.92 Å². The minimum absolute atomic E-state index is 0.0551. The summed E-state index contributed by atoms with van der Waals surface area (Å²) in [4.78, 5) is 11.7. The largest absolute Gasteiger partial charge is 0.465 e. The molecule has 2 fully saturated rings. The lowest BCUT2D eigenvalue weighted by Crippen LogP contribution is -2.38. The first-order chi connectivity index (χ1) is 6.41. The summed E-state index contributed by atoms with van der Waals surface area (Å²) in [7, 11) is 0. The number of alkyl halides is 3. The lowest BCUT2D eigenvalue weighted by atomic mass is 9.89. The van der Waals surface area contributed by atoms with E-state index in [2.05, 4.69) is 0 Å².